The average molecular weight is 228 g/mol. The van der Waals surface area contributed by atoms with Crippen molar-refractivity contribution in [3.05, 3.63) is 26.9 Å². The molecule has 0 bridgehead atoms. The lowest BCUT2D eigenvalue weighted by Crippen LogP contribution is -2.39. The highest BCUT2D eigenvalue weighted by molar-refractivity contribution is 7.80. The second-order valence-electron chi connectivity index (χ2n) is 3.43. The third-order valence-corrected chi connectivity index (χ3v) is 2.52. The fraction of sp³-hybridized carbons (Fsp3) is 0.600. The van der Waals surface area contributed by atoms with E-state index in [1.54, 1.807) is 0 Å². The lowest BCUT2D eigenvalue weighted by atomic mass is 10.4. The molecule has 84 valence electrons. The highest BCUT2D eigenvalue weighted by Crippen LogP contribution is 2.00. The summed E-state index contributed by atoms with van der Waals surface area (Å²) in [4.78, 5) is 23.4. The Bertz CT molecular complexity index is 448. The van der Waals surface area contributed by atoms with Crippen molar-refractivity contribution in [2.75, 3.05) is 0 Å². The summed E-state index contributed by atoms with van der Waals surface area (Å²) in [7, 11) is 0. The average Bonchev–Trinajstić information content (AvgIpc) is 2.19. The van der Waals surface area contributed by atoms with Crippen LogP contribution in [-0.2, 0) is 13.1 Å². The van der Waals surface area contributed by atoms with Gasteiger partial charge in [0.25, 0.3) is 5.56 Å². The van der Waals surface area contributed by atoms with Crippen LogP contribution < -0.4 is 11.2 Å². The monoisotopic (exact) mass is 228 g/mol. The Morgan fingerprint density at radius 1 is 1.13 bits per heavy atom. The highest BCUT2D eigenvalue weighted by Gasteiger charge is 2.07. The molecule has 0 aromatic carbocycles. The zero-order chi connectivity index (χ0) is 11.4. The van der Waals surface area contributed by atoms with E-state index < -0.39 is 0 Å². The lowest BCUT2D eigenvalue weighted by Gasteiger charge is -2.10. The van der Waals surface area contributed by atoms with Crippen molar-refractivity contribution >= 4 is 12.6 Å². The van der Waals surface area contributed by atoms with E-state index in [1.807, 2.05) is 13.8 Å². The Morgan fingerprint density at radius 3 is 2.20 bits per heavy atom. The number of hydrogen-bond acceptors (Lipinski definition) is 3. The minimum atomic E-state index is -0.265. The van der Waals surface area contributed by atoms with Gasteiger partial charge in [-0.15, -0.1) is 12.6 Å². The summed E-state index contributed by atoms with van der Waals surface area (Å²) < 4.78 is 2.79. The van der Waals surface area contributed by atoms with Gasteiger partial charge >= 0.3 is 5.69 Å². The van der Waals surface area contributed by atoms with Crippen LogP contribution in [0.3, 0.4) is 0 Å². The van der Waals surface area contributed by atoms with Crippen LogP contribution in [0.5, 0.6) is 0 Å². The van der Waals surface area contributed by atoms with Gasteiger partial charge in [-0.2, -0.15) is 0 Å². The lowest BCUT2D eigenvalue weighted by molar-refractivity contribution is 0.509. The van der Waals surface area contributed by atoms with Crippen molar-refractivity contribution < 1.29 is 0 Å². The molecular formula is C10H16N2O2S. The van der Waals surface area contributed by atoms with Crippen molar-refractivity contribution in [2.45, 2.75) is 44.8 Å². The van der Waals surface area contributed by atoms with E-state index in [0.717, 1.165) is 12.8 Å². The van der Waals surface area contributed by atoms with Gasteiger partial charge in [-0.1, -0.05) is 13.8 Å². The maximum atomic E-state index is 11.9. The second kappa shape index (κ2) is 5.21. The smallest absolute Gasteiger partial charge is 0.288 e. The summed E-state index contributed by atoms with van der Waals surface area (Å²) in [5, 5.41) is 0.444. The molecule has 4 nitrogen and oxygen atoms in total. The van der Waals surface area contributed by atoms with Crippen LogP contribution in [0.2, 0.25) is 0 Å². The number of nitrogens with zero attached hydrogens (tertiary/aromatic N) is 2. The molecule has 0 atom stereocenters. The second-order valence-corrected chi connectivity index (χ2v) is 3.88. The summed E-state index contributed by atoms with van der Waals surface area (Å²) in [6.45, 7) is 4.98. The quantitative estimate of drug-likeness (QED) is 0.620. The van der Waals surface area contributed by atoms with Crippen molar-refractivity contribution in [3.63, 3.8) is 0 Å². The van der Waals surface area contributed by atoms with Gasteiger partial charge in [0.05, 0.1) is 5.03 Å². The first-order chi connectivity index (χ1) is 7.11. The Balaban J connectivity index is 3.36. The molecule has 1 heterocycles. The fourth-order valence-corrected chi connectivity index (χ4v) is 1.76. The molecule has 0 radical (unpaired) electrons. The molecule has 0 spiro atoms. The van der Waals surface area contributed by atoms with Crippen LogP contribution in [0.1, 0.15) is 26.7 Å². The van der Waals surface area contributed by atoms with E-state index in [0.29, 0.717) is 18.1 Å². The van der Waals surface area contributed by atoms with Gasteiger partial charge in [-0.25, -0.2) is 4.79 Å². The number of rotatable bonds is 4. The Hall–Kier alpha value is -0.970. The Kier molecular flexibility index (Phi) is 4.20. The first-order valence-electron chi connectivity index (χ1n) is 5.15. The van der Waals surface area contributed by atoms with Crippen molar-refractivity contribution in [1.82, 2.24) is 9.13 Å². The summed E-state index contributed by atoms with van der Waals surface area (Å²) in [6.07, 6.45) is 1.62. The van der Waals surface area contributed by atoms with Gasteiger partial charge in [0.1, 0.15) is 0 Å². The van der Waals surface area contributed by atoms with Crippen LogP contribution in [0.4, 0.5) is 0 Å². The van der Waals surface area contributed by atoms with Crippen LogP contribution in [0.15, 0.2) is 20.7 Å². The van der Waals surface area contributed by atoms with Gasteiger partial charge in [0, 0.05) is 19.2 Å². The van der Waals surface area contributed by atoms with Gasteiger partial charge < -0.3 is 0 Å². The molecule has 0 saturated carbocycles. The van der Waals surface area contributed by atoms with E-state index in [9.17, 15) is 9.59 Å². The molecule has 0 saturated heterocycles. The van der Waals surface area contributed by atoms with Crippen molar-refractivity contribution in [3.8, 4) is 0 Å². The van der Waals surface area contributed by atoms with Gasteiger partial charge in [-0.05, 0) is 12.8 Å². The summed E-state index contributed by atoms with van der Waals surface area (Å²) in [5.74, 6) is 0. The molecule has 0 N–H and O–H groups in total. The van der Waals surface area contributed by atoms with Crippen molar-refractivity contribution in [1.29, 1.82) is 0 Å². The highest BCUT2D eigenvalue weighted by atomic mass is 32.1. The van der Waals surface area contributed by atoms with Crippen LogP contribution >= 0.6 is 12.6 Å². The molecule has 1 rings (SSSR count). The molecular weight excluding hydrogens is 212 g/mol. The SMILES string of the molecule is CCCn1c(S)cc(=O)n(CCC)c1=O. The molecule has 0 aliphatic carbocycles. The third-order valence-electron chi connectivity index (χ3n) is 2.15. The van der Waals surface area contributed by atoms with E-state index in [2.05, 4.69) is 12.6 Å². The first-order valence-corrected chi connectivity index (χ1v) is 5.60. The molecule has 0 aliphatic rings. The topological polar surface area (TPSA) is 44.0 Å². The largest absolute Gasteiger partial charge is 0.331 e. The molecule has 0 unspecified atom stereocenters. The van der Waals surface area contributed by atoms with Gasteiger partial charge in [0.2, 0.25) is 0 Å². The van der Waals surface area contributed by atoms with Crippen LogP contribution in [0.25, 0.3) is 0 Å². The Morgan fingerprint density at radius 2 is 1.67 bits per heavy atom. The predicted octanol–water partition coefficient (Wildman–Crippen LogP) is 1.12. The molecule has 0 fully saturated rings. The minimum absolute atomic E-state index is 0.254. The molecule has 0 aliphatic heterocycles. The molecule has 5 heteroatoms. The number of aromatic nitrogens is 2. The molecule has 1 aromatic heterocycles. The maximum Gasteiger partial charge on any atom is 0.331 e. The van der Waals surface area contributed by atoms with Crippen LogP contribution in [0, 0.1) is 0 Å². The first kappa shape index (κ1) is 12.1. The third kappa shape index (κ3) is 2.53. The predicted molar refractivity (Wildman–Crippen MR) is 62.8 cm³/mol. The Labute approximate surface area is 94.0 Å². The number of hydrogen-bond donors (Lipinski definition) is 1. The van der Waals surface area contributed by atoms with E-state index in [4.69, 9.17) is 0 Å². The zero-order valence-corrected chi connectivity index (χ0v) is 9.96. The minimum Gasteiger partial charge on any atom is -0.288 e. The van der Waals surface area contributed by atoms with E-state index in [1.165, 1.54) is 15.2 Å². The van der Waals surface area contributed by atoms with Gasteiger partial charge in [0.15, 0.2) is 0 Å². The summed E-state index contributed by atoms with van der Waals surface area (Å²) >= 11 is 4.14. The van der Waals surface area contributed by atoms with Crippen molar-refractivity contribution in [2.24, 2.45) is 0 Å². The normalized spacial score (nSPS) is 10.6. The summed E-state index contributed by atoms with van der Waals surface area (Å²) in [5.41, 5.74) is -0.518. The summed E-state index contributed by atoms with van der Waals surface area (Å²) in [6, 6.07) is 1.40. The van der Waals surface area contributed by atoms with E-state index in [-0.39, 0.29) is 11.2 Å². The van der Waals surface area contributed by atoms with E-state index >= 15 is 0 Å². The molecule has 0 amide bonds. The maximum absolute atomic E-state index is 11.9. The van der Waals surface area contributed by atoms with Crippen LogP contribution in [-0.4, -0.2) is 9.13 Å². The molecule has 1 aromatic rings. The molecule has 15 heavy (non-hydrogen) atoms. The van der Waals surface area contributed by atoms with Gasteiger partial charge in [-0.3, -0.25) is 13.9 Å². The standard InChI is InChI=1S/C10H16N2O2S/c1-3-5-11-8(13)7-9(15)12(6-4-2)10(11)14/h7,15H,3-6H2,1-2H3. The number of thiol groups is 1. The zero-order valence-electron chi connectivity index (χ0n) is 9.06. The fourth-order valence-electron chi connectivity index (χ4n) is 1.47.